The molecule has 0 unspecified atom stereocenters. The van der Waals surface area contributed by atoms with E-state index in [1.165, 1.54) is 0 Å². The number of anilines is 1. The monoisotopic (exact) mass is 406 g/mol. The molecule has 158 valence electrons. The van der Waals surface area contributed by atoms with E-state index < -0.39 is 0 Å². The third-order valence-electron chi connectivity index (χ3n) is 5.73. The molecule has 1 aliphatic heterocycles. The molecule has 7 nitrogen and oxygen atoms in total. The van der Waals surface area contributed by atoms with Crippen LogP contribution in [0.25, 0.3) is 16.7 Å². The van der Waals surface area contributed by atoms with Crippen molar-refractivity contribution in [1.29, 1.82) is 0 Å². The molecule has 1 aromatic carbocycles. The number of aromatic nitrogens is 4. The number of nitrogens with zero attached hydrogens (tertiary/aromatic N) is 6. The van der Waals surface area contributed by atoms with Gasteiger partial charge in [-0.3, -0.25) is 4.79 Å². The average Bonchev–Trinajstić information content (AvgIpc) is 2.93. The topological polar surface area (TPSA) is 67.2 Å². The van der Waals surface area contributed by atoms with Gasteiger partial charge in [-0.05, 0) is 31.9 Å². The van der Waals surface area contributed by atoms with Crippen molar-refractivity contribution in [3.05, 3.63) is 41.9 Å². The number of fused-ring (bicyclic) bond motifs is 1. The van der Waals surface area contributed by atoms with E-state index in [9.17, 15) is 4.79 Å². The molecule has 3 heterocycles. The van der Waals surface area contributed by atoms with Gasteiger partial charge in [0.1, 0.15) is 11.6 Å². The van der Waals surface area contributed by atoms with E-state index in [-0.39, 0.29) is 5.91 Å². The summed E-state index contributed by atoms with van der Waals surface area (Å²) in [6.45, 7) is 9.02. The smallest absolute Gasteiger partial charge is 0.219 e. The first-order chi connectivity index (χ1) is 14.6. The van der Waals surface area contributed by atoms with Crippen LogP contribution in [0.4, 0.5) is 5.82 Å². The van der Waals surface area contributed by atoms with Crippen LogP contribution in [-0.2, 0) is 11.2 Å². The maximum Gasteiger partial charge on any atom is 0.219 e. The van der Waals surface area contributed by atoms with Crippen LogP contribution in [0.2, 0.25) is 0 Å². The van der Waals surface area contributed by atoms with Crippen LogP contribution in [0.3, 0.4) is 0 Å². The van der Waals surface area contributed by atoms with Crippen molar-refractivity contribution in [2.24, 2.45) is 0 Å². The Morgan fingerprint density at radius 2 is 1.87 bits per heavy atom. The molecule has 1 aliphatic rings. The standard InChI is InChI=1S/C23H30N6O/c1-4-5-12-20-24-22(28-14-9-13-27(15-16-28)18(3)30)21-17(2)26-29(23(21)25-20)19-10-7-6-8-11-19/h6-8,10-11H,4-5,9,12-16H2,1-3H3. The van der Waals surface area contributed by atoms with Gasteiger partial charge in [0, 0.05) is 39.5 Å². The van der Waals surface area contributed by atoms with E-state index in [0.717, 1.165) is 85.9 Å². The predicted molar refractivity (Wildman–Crippen MR) is 119 cm³/mol. The zero-order chi connectivity index (χ0) is 21.1. The van der Waals surface area contributed by atoms with Crippen LogP contribution in [0.15, 0.2) is 30.3 Å². The minimum Gasteiger partial charge on any atom is -0.354 e. The fourth-order valence-corrected chi connectivity index (χ4v) is 4.07. The highest BCUT2D eigenvalue weighted by Crippen LogP contribution is 2.30. The summed E-state index contributed by atoms with van der Waals surface area (Å²) in [7, 11) is 0. The van der Waals surface area contributed by atoms with Crippen molar-refractivity contribution in [3.8, 4) is 5.69 Å². The molecule has 2 aromatic heterocycles. The van der Waals surface area contributed by atoms with E-state index in [4.69, 9.17) is 15.1 Å². The fraction of sp³-hybridized carbons (Fsp3) is 0.478. The first-order valence-corrected chi connectivity index (χ1v) is 10.9. The summed E-state index contributed by atoms with van der Waals surface area (Å²) < 4.78 is 1.94. The van der Waals surface area contributed by atoms with Gasteiger partial charge in [0.05, 0.1) is 16.8 Å². The summed E-state index contributed by atoms with van der Waals surface area (Å²) >= 11 is 0. The minimum atomic E-state index is 0.140. The molecule has 0 radical (unpaired) electrons. The molecular weight excluding hydrogens is 376 g/mol. The van der Waals surface area contributed by atoms with Gasteiger partial charge in [-0.15, -0.1) is 0 Å². The second kappa shape index (κ2) is 8.81. The van der Waals surface area contributed by atoms with E-state index >= 15 is 0 Å². The lowest BCUT2D eigenvalue weighted by molar-refractivity contribution is -0.128. The summed E-state index contributed by atoms with van der Waals surface area (Å²) in [5, 5.41) is 5.84. The van der Waals surface area contributed by atoms with Gasteiger partial charge >= 0.3 is 0 Å². The third-order valence-corrected chi connectivity index (χ3v) is 5.73. The van der Waals surface area contributed by atoms with Crippen LogP contribution in [0, 0.1) is 6.92 Å². The largest absolute Gasteiger partial charge is 0.354 e. The zero-order valence-corrected chi connectivity index (χ0v) is 18.1. The van der Waals surface area contributed by atoms with Crippen molar-refractivity contribution >= 4 is 22.8 Å². The predicted octanol–water partition coefficient (Wildman–Crippen LogP) is 3.53. The highest BCUT2D eigenvalue weighted by molar-refractivity contribution is 5.91. The number of amides is 1. The Bertz CT molecular complexity index is 1030. The molecule has 0 spiro atoms. The maximum absolute atomic E-state index is 11.9. The van der Waals surface area contributed by atoms with E-state index in [1.807, 2.05) is 34.7 Å². The van der Waals surface area contributed by atoms with Gasteiger partial charge in [0.25, 0.3) is 0 Å². The van der Waals surface area contributed by atoms with Crippen molar-refractivity contribution in [3.63, 3.8) is 0 Å². The number of carbonyl (C=O) groups excluding carboxylic acids is 1. The number of rotatable bonds is 5. The molecule has 1 amide bonds. The van der Waals surface area contributed by atoms with Gasteiger partial charge < -0.3 is 9.80 Å². The number of unbranched alkanes of at least 4 members (excludes halogenated alkanes) is 1. The fourth-order valence-electron chi connectivity index (χ4n) is 4.07. The Morgan fingerprint density at radius 3 is 2.60 bits per heavy atom. The van der Waals surface area contributed by atoms with Crippen LogP contribution in [0.1, 0.15) is 44.6 Å². The Morgan fingerprint density at radius 1 is 1.07 bits per heavy atom. The molecule has 0 saturated carbocycles. The van der Waals surface area contributed by atoms with E-state index in [2.05, 4.69) is 24.0 Å². The molecule has 4 rings (SSSR count). The molecule has 0 bridgehead atoms. The highest BCUT2D eigenvalue weighted by Gasteiger charge is 2.24. The first kappa shape index (κ1) is 20.3. The molecule has 0 aliphatic carbocycles. The van der Waals surface area contributed by atoms with Crippen LogP contribution >= 0.6 is 0 Å². The van der Waals surface area contributed by atoms with Gasteiger partial charge in [-0.1, -0.05) is 31.5 Å². The SMILES string of the molecule is CCCCc1nc(N2CCCN(C(C)=O)CC2)c2c(C)nn(-c3ccccc3)c2n1. The lowest BCUT2D eigenvalue weighted by Gasteiger charge is -2.23. The number of benzene rings is 1. The molecule has 7 heteroatoms. The summed E-state index contributed by atoms with van der Waals surface area (Å²) in [4.78, 5) is 26.0. The van der Waals surface area contributed by atoms with Gasteiger partial charge in [0.2, 0.25) is 5.91 Å². The summed E-state index contributed by atoms with van der Waals surface area (Å²) in [5.74, 6) is 1.96. The van der Waals surface area contributed by atoms with Crippen molar-refractivity contribution < 1.29 is 4.79 Å². The summed E-state index contributed by atoms with van der Waals surface area (Å²) in [5.41, 5.74) is 2.79. The second-order valence-corrected chi connectivity index (χ2v) is 7.95. The van der Waals surface area contributed by atoms with E-state index in [1.54, 1.807) is 6.92 Å². The molecule has 30 heavy (non-hydrogen) atoms. The van der Waals surface area contributed by atoms with E-state index in [0.29, 0.717) is 0 Å². The summed E-state index contributed by atoms with van der Waals surface area (Å²) in [6, 6.07) is 10.1. The molecule has 1 fully saturated rings. The van der Waals surface area contributed by atoms with Gasteiger partial charge in [-0.25, -0.2) is 14.6 Å². The number of hydrogen-bond acceptors (Lipinski definition) is 5. The Labute approximate surface area is 177 Å². The number of carbonyl (C=O) groups is 1. The minimum absolute atomic E-state index is 0.140. The van der Waals surface area contributed by atoms with Crippen LogP contribution < -0.4 is 4.90 Å². The maximum atomic E-state index is 11.9. The number of para-hydroxylation sites is 1. The van der Waals surface area contributed by atoms with Crippen LogP contribution in [0.5, 0.6) is 0 Å². The van der Waals surface area contributed by atoms with Crippen molar-refractivity contribution in [1.82, 2.24) is 24.6 Å². The number of hydrogen-bond donors (Lipinski definition) is 0. The lowest BCUT2D eigenvalue weighted by atomic mass is 10.2. The molecule has 0 N–H and O–H groups in total. The molecule has 3 aromatic rings. The molecular formula is C23H30N6O. The van der Waals surface area contributed by atoms with Crippen molar-refractivity contribution in [2.45, 2.75) is 46.5 Å². The Kier molecular flexibility index (Phi) is 5.97. The molecule has 1 saturated heterocycles. The lowest BCUT2D eigenvalue weighted by Crippen LogP contribution is -2.34. The van der Waals surface area contributed by atoms with Gasteiger partial charge in [0.15, 0.2) is 5.65 Å². The summed E-state index contributed by atoms with van der Waals surface area (Å²) in [6.07, 6.45) is 3.94. The first-order valence-electron chi connectivity index (χ1n) is 10.9. The quantitative estimate of drug-likeness (QED) is 0.648. The normalized spacial score (nSPS) is 14.9. The average molecular weight is 407 g/mol. The van der Waals surface area contributed by atoms with Crippen LogP contribution in [-0.4, -0.2) is 56.7 Å². The highest BCUT2D eigenvalue weighted by atomic mass is 16.2. The zero-order valence-electron chi connectivity index (χ0n) is 18.1. The van der Waals surface area contributed by atoms with Crippen molar-refractivity contribution in [2.75, 3.05) is 31.1 Å². The Balaban J connectivity index is 1.81. The third kappa shape index (κ3) is 4.01. The number of aryl methyl sites for hydroxylation is 2. The Hall–Kier alpha value is -2.96. The van der Waals surface area contributed by atoms with Gasteiger partial charge in [-0.2, -0.15) is 5.10 Å². The second-order valence-electron chi connectivity index (χ2n) is 7.95. The molecule has 0 atom stereocenters.